The molecule has 6 heteroatoms. The van der Waals surface area contributed by atoms with Gasteiger partial charge in [0.2, 0.25) is 11.8 Å². The average molecular weight is 400 g/mol. The van der Waals surface area contributed by atoms with Gasteiger partial charge >= 0.3 is 0 Å². The van der Waals surface area contributed by atoms with Gasteiger partial charge in [0.1, 0.15) is 0 Å². The molecule has 3 aliphatic rings. The summed E-state index contributed by atoms with van der Waals surface area (Å²) in [6.07, 6.45) is 5.70. The number of aliphatic hydroxyl groups is 1. The Morgan fingerprint density at radius 3 is 2.10 bits per heavy atom. The Labute approximate surface area is 173 Å². The van der Waals surface area contributed by atoms with E-state index in [1.54, 1.807) is 0 Å². The van der Waals surface area contributed by atoms with Crippen LogP contribution in [0.4, 0.5) is 5.69 Å². The second-order valence-corrected chi connectivity index (χ2v) is 9.09. The summed E-state index contributed by atoms with van der Waals surface area (Å²) in [4.78, 5) is 31.3. The number of piperidine rings is 1. The number of anilines is 1. The highest BCUT2D eigenvalue weighted by atomic mass is 16.3. The van der Waals surface area contributed by atoms with E-state index < -0.39 is 6.10 Å². The Morgan fingerprint density at radius 1 is 0.862 bits per heavy atom. The summed E-state index contributed by atoms with van der Waals surface area (Å²) in [5.74, 6) is -0.174. The fourth-order valence-corrected chi connectivity index (χ4v) is 5.29. The molecular weight excluding hydrogens is 366 g/mol. The molecule has 2 aliphatic heterocycles. The van der Waals surface area contributed by atoms with Crippen molar-refractivity contribution in [1.29, 1.82) is 0 Å². The van der Waals surface area contributed by atoms with Gasteiger partial charge in [-0.1, -0.05) is 37.5 Å². The number of carbonyl (C=O) groups is 2. The number of hydrogen-bond donors (Lipinski definition) is 1. The van der Waals surface area contributed by atoms with E-state index in [1.807, 2.05) is 6.07 Å². The Morgan fingerprint density at radius 2 is 1.48 bits per heavy atom. The number of amides is 2. The maximum absolute atomic E-state index is 12.7. The van der Waals surface area contributed by atoms with Gasteiger partial charge in [0.15, 0.2) is 0 Å². The van der Waals surface area contributed by atoms with Crippen LogP contribution in [0.3, 0.4) is 0 Å². The van der Waals surface area contributed by atoms with Gasteiger partial charge in [0.25, 0.3) is 0 Å². The highest BCUT2D eigenvalue weighted by molar-refractivity contribution is 5.98. The number of aliphatic hydroxyl groups excluding tert-OH is 1. The number of benzene rings is 1. The van der Waals surface area contributed by atoms with Crippen LogP contribution in [0.5, 0.6) is 0 Å². The number of carbonyl (C=O) groups excluding carboxylic acids is 2. The molecule has 2 heterocycles. The third-order valence-corrected chi connectivity index (χ3v) is 6.92. The SMILES string of the molecule is O=C1CC2(CCCCC2)CC(=O)N1CC(O)CN1CCN(c2ccccc2)CC1. The molecule has 6 nitrogen and oxygen atoms in total. The molecule has 1 N–H and O–H groups in total. The molecule has 2 saturated heterocycles. The van der Waals surface area contributed by atoms with Crippen molar-refractivity contribution in [3.05, 3.63) is 30.3 Å². The monoisotopic (exact) mass is 399 g/mol. The van der Waals surface area contributed by atoms with Crippen molar-refractivity contribution in [3.8, 4) is 0 Å². The lowest BCUT2D eigenvalue weighted by Gasteiger charge is -2.43. The Hall–Kier alpha value is -1.92. The van der Waals surface area contributed by atoms with Crippen molar-refractivity contribution in [2.75, 3.05) is 44.2 Å². The third kappa shape index (κ3) is 4.81. The first-order valence-electron chi connectivity index (χ1n) is 11.1. The number of nitrogens with zero attached hydrogens (tertiary/aromatic N) is 3. The molecule has 4 rings (SSSR count). The summed E-state index contributed by atoms with van der Waals surface area (Å²) >= 11 is 0. The molecule has 1 unspecified atom stereocenters. The summed E-state index contributed by atoms with van der Waals surface area (Å²) in [5.41, 5.74) is 1.13. The minimum Gasteiger partial charge on any atom is -0.390 e. The van der Waals surface area contributed by atoms with E-state index in [9.17, 15) is 14.7 Å². The van der Waals surface area contributed by atoms with Crippen LogP contribution >= 0.6 is 0 Å². The number of hydrogen-bond acceptors (Lipinski definition) is 5. The lowest BCUT2D eigenvalue weighted by atomic mass is 9.67. The topological polar surface area (TPSA) is 64.1 Å². The van der Waals surface area contributed by atoms with Crippen molar-refractivity contribution < 1.29 is 14.7 Å². The molecule has 0 bridgehead atoms. The molecule has 29 heavy (non-hydrogen) atoms. The van der Waals surface area contributed by atoms with Gasteiger partial charge in [-0.3, -0.25) is 19.4 Å². The summed E-state index contributed by atoms with van der Waals surface area (Å²) < 4.78 is 0. The van der Waals surface area contributed by atoms with Gasteiger partial charge < -0.3 is 10.0 Å². The van der Waals surface area contributed by atoms with Crippen molar-refractivity contribution in [2.45, 2.75) is 51.0 Å². The molecular formula is C23H33N3O3. The van der Waals surface area contributed by atoms with Crippen molar-refractivity contribution >= 4 is 17.5 Å². The molecule has 1 spiro atoms. The lowest BCUT2D eigenvalue weighted by molar-refractivity contribution is -0.156. The first-order chi connectivity index (χ1) is 14.0. The van der Waals surface area contributed by atoms with Crippen molar-refractivity contribution in [2.24, 2.45) is 5.41 Å². The van der Waals surface area contributed by atoms with Crippen LogP contribution in [0.15, 0.2) is 30.3 Å². The highest BCUT2D eigenvalue weighted by Crippen LogP contribution is 2.45. The Balaban J connectivity index is 1.25. The average Bonchev–Trinajstić information content (AvgIpc) is 2.73. The van der Waals surface area contributed by atoms with E-state index >= 15 is 0 Å². The second kappa shape index (κ2) is 8.84. The largest absolute Gasteiger partial charge is 0.390 e. The van der Waals surface area contributed by atoms with Gasteiger partial charge in [-0.25, -0.2) is 0 Å². The van der Waals surface area contributed by atoms with Crippen LogP contribution in [0.2, 0.25) is 0 Å². The zero-order valence-corrected chi connectivity index (χ0v) is 17.3. The Bertz CT molecular complexity index is 689. The Kier molecular flexibility index (Phi) is 6.20. The predicted molar refractivity (Wildman–Crippen MR) is 113 cm³/mol. The predicted octanol–water partition coefficient (Wildman–Crippen LogP) is 2.27. The fraction of sp³-hybridized carbons (Fsp3) is 0.652. The van der Waals surface area contributed by atoms with Gasteiger partial charge in [-0.05, 0) is 30.4 Å². The minimum absolute atomic E-state index is 0.0869. The fourth-order valence-electron chi connectivity index (χ4n) is 5.29. The summed E-state index contributed by atoms with van der Waals surface area (Å²) in [6, 6.07) is 10.4. The molecule has 3 fully saturated rings. The summed E-state index contributed by atoms with van der Waals surface area (Å²) in [5, 5.41) is 10.6. The lowest BCUT2D eigenvalue weighted by Crippen LogP contribution is -2.54. The summed E-state index contributed by atoms with van der Waals surface area (Å²) in [6.45, 7) is 4.22. The minimum atomic E-state index is -0.688. The van der Waals surface area contributed by atoms with Gasteiger partial charge in [0.05, 0.1) is 12.6 Å². The van der Waals surface area contributed by atoms with E-state index in [4.69, 9.17) is 0 Å². The first kappa shape index (κ1) is 20.4. The van der Waals surface area contributed by atoms with Crippen LogP contribution in [0, 0.1) is 5.41 Å². The number of piperazine rings is 1. The van der Waals surface area contributed by atoms with E-state index in [2.05, 4.69) is 34.1 Å². The number of likely N-dealkylation sites (tertiary alicyclic amines) is 1. The zero-order valence-electron chi connectivity index (χ0n) is 17.3. The van der Waals surface area contributed by atoms with E-state index in [1.165, 1.54) is 17.0 Å². The van der Waals surface area contributed by atoms with Gasteiger partial charge in [-0.15, -0.1) is 0 Å². The van der Waals surface area contributed by atoms with Crippen LogP contribution in [0.1, 0.15) is 44.9 Å². The van der Waals surface area contributed by atoms with Crippen molar-refractivity contribution in [3.63, 3.8) is 0 Å². The quantitative estimate of drug-likeness (QED) is 0.770. The smallest absolute Gasteiger partial charge is 0.229 e. The highest BCUT2D eigenvalue weighted by Gasteiger charge is 2.44. The third-order valence-electron chi connectivity index (χ3n) is 6.92. The number of rotatable bonds is 5. The van der Waals surface area contributed by atoms with Crippen LogP contribution in [-0.4, -0.2) is 72.1 Å². The number of para-hydroxylation sites is 1. The van der Waals surface area contributed by atoms with E-state index in [0.29, 0.717) is 19.4 Å². The van der Waals surface area contributed by atoms with Gasteiger partial charge in [-0.2, -0.15) is 0 Å². The molecule has 1 saturated carbocycles. The second-order valence-electron chi connectivity index (χ2n) is 9.09. The standard InChI is InChI=1S/C23H33N3O3/c27-20(17-24-11-13-25(14-12-24)19-7-3-1-4-8-19)18-26-21(28)15-23(16-22(26)29)9-5-2-6-10-23/h1,3-4,7-8,20,27H,2,5-6,9-18H2. The zero-order chi connectivity index (χ0) is 20.3. The first-order valence-corrected chi connectivity index (χ1v) is 11.1. The number of β-amino-alcohol motifs (C(OH)–C–C–N with tert-alkyl or cyclic N) is 1. The summed E-state index contributed by atoms with van der Waals surface area (Å²) in [7, 11) is 0. The van der Waals surface area contributed by atoms with Crippen LogP contribution in [-0.2, 0) is 9.59 Å². The van der Waals surface area contributed by atoms with Crippen molar-refractivity contribution in [1.82, 2.24) is 9.80 Å². The van der Waals surface area contributed by atoms with Crippen LogP contribution in [0.25, 0.3) is 0 Å². The number of imide groups is 1. The molecule has 2 amide bonds. The molecule has 158 valence electrons. The van der Waals surface area contributed by atoms with Gasteiger partial charge in [0, 0.05) is 51.3 Å². The maximum atomic E-state index is 12.7. The maximum Gasteiger partial charge on any atom is 0.229 e. The van der Waals surface area contributed by atoms with Crippen LogP contribution < -0.4 is 4.90 Å². The normalized spacial score (nSPS) is 24.2. The van der Waals surface area contributed by atoms with E-state index in [0.717, 1.165) is 51.9 Å². The molecule has 0 radical (unpaired) electrons. The molecule has 0 aromatic heterocycles. The molecule has 1 aromatic rings. The molecule has 1 atom stereocenters. The van der Waals surface area contributed by atoms with E-state index in [-0.39, 0.29) is 23.8 Å². The molecule has 1 aromatic carbocycles. The molecule has 1 aliphatic carbocycles.